The van der Waals surface area contributed by atoms with Crippen LogP contribution in [0.4, 0.5) is 0 Å². The van der Waals surface area contributed by atoms with E-state index in [1.165, 1.54) is 0 Å². The van der Waals surface area contributed by atoms with Crippen LogP contribution in [0.25, 0.3) is 6.08 Å². The highest BCUT2D eigenvalue weighted by molar-refractivity contribution is 5.81. The van der Waals surface area contributed by atoms with Crippen molar-refractivity contribution in [3.8, 4) is 0 Å². The van der Waals surface area contributed by atoms with Crippen LogP contribution < -0.4 is 0 Å². The number of carbonyl (C=O) groups is 1. The number of rotatable bonds is 3. The molecule has 1 aliphatic rings. The minimum absolute atomic E-state index is 0.0970. The molecule has 2 rings (SSSR count). The molecule has 1 aliphatic heterocycles. The molecule has 1 saturated heterocycles. The largest absolute Gasteiger partial charge is 0.384 e. The van der Waals surface area contributed by atoms with Crippen molar-refractivity contribution in [1.82, 2.24) is 4.90 Å². The predicted molar refractivity (Wildman–Crippen MR) is 81.1 cm³/mol. The highest BCUT2D eigenvalue weighted by Crippen LogP contribution is 2.19. The van der Waals surface area contributed by atoms with Gasteiger partial charge in [0.1, 0.15) is 6.10 Å². The third-order valence-corrected chi connectivity index (χ3v) is 3.75. The second-order valence-electron chi connectivity index (χ2n) is 5.39. The van der Waals surface area contributed by atoms with Gasteiger partial charge in [-0.1, -0.05) is 55.3 Å². The summed E-state index contributed by atoms with van der Waals surface area (Å²) >= 11 is 0. The Bertz CT molecular complexity index is 453. The quantitative estimate of drug-likeness (QED) is 0.920. The second-order valence-corrected chi connectivity index (χ2v) is 5.39. The first-order valence-electron chi connectivity index (χ1n) is 7.40. The first kappa shape index (κ1) is 14.8. The molecule has 1 aromatic carbocycles. The summed E-state index contributed by atoms with van der Waals surface area (Å²) in [5.41, 5.74) is 1.14. The van der Waals surface area contributed by atoms with Gasteiger partial charge in [-0.3, -0.25) is 4.79 Å². The lowest BCUT2D eigenvalue weighted by atomic mass is 10.1. The number of aliphatic hydroxyl groups is 1. The molecule has 0 aromatic heterocycles. The maximum atomic E-state index is 12.1. The summed E-state index contributed by atoms with van der Waals surface area (Å²) in [6, 6.07) is 10.2. The molecule has 2 atom stereocenters. The molecule has 3 nitrogen and oxygen atoms in total. The summed E-state index contributed by atoms with van der Waals surface area (Å²) in [5, 5.41) is 9.55. The van der Waals surface area contributed by atoms with E-state index in [4.69, 9.17) is 0 Å². The molecule has 0 spiro atoms. The van der Waals surface area contributed by atoms with E-state index in [0.717, 1.165) is 37.8 Å². The first-order chi connectivity index (χ1) is 9.68. The van der Waals surface area contributed by atoms with Gasteiger partial charge in [-0.2, -0.15) is 0 Å². The number of benzene rings is 1. The molecule has 1 N–H and O–H groups in total. The van der Waals surface area contributed by atoms with Crippen molar-refractivity contribution < 1.29 is 9.90 Å². The number of hydrogen-bond acceptors (Lipinski definition) is 2. The van der Waals surface area contributed by atoms with Crippen molar-refractivity contribution >= 4 is 12.0 Å². The summed E-state index contributed by atoms with van der Waals surface area (Å²) in [5.74, 6) is -0.158. The van der Waals surface area contributed by atoms with E-state index in [9.17, 15) is 9.90 Å². The predicted octanol–water partition coefficient (Wildman–Crippen LogP) is 2.85. The van der Waals surface area contributed by atoms with Gasteiger partial charge in [-0.15, -0.1) is 0 Å². The Morgan fingerprint density at radius 3 is 2.75 bits per heavy atom. The highest BCUT2D eigenvalue weighted by Gasteiger charge is 2.25. The first-order valence-corrected chi connectivity index (χ1v) is 7.40. The van der Waals surface area contributed by atoms with Crippen LogP contribution in [0.5, 0.6) is 0 Å². The number of amides is 1. The highest BCUT2D eigenvalue weighted by atomic mass is 16.3. The molecule has 0 aliphatic carbocycles. The van der Waals surface area contributed by atoms with Gasteiger partial charge in [0.2, 0.25) is 0 Å². The van der Waals surface area contributed by atoms with Gasteiger partial charge in [-0.25, -0.2) is 0 Å². The van der Waals surface area contributed by atoms with E-state index < -0.39 is 6.10 Å². The zero-order chi connectivity index (χ0) is 14.4. The number of nitrogens with zero attached hydrogens (tertiary/aromatic N) is 1. The number of aliphatic hydroxyl groups excluding tert-OH is 1. The van der Waals surface area contributed by atoms with E-state index in [0.29, 0.717) is 0 Å². The monoisotopic (exact) mass is 273 g/mol. The molecule has 1 amide bonds. The zero-order valence-corrected chi connectivity index (χ0v) is 12.0. The van der Waals surface area contributed by atoms with E-state index in [2.05, 4.69) is 12.2 Å². The van der Waals surface area contributed by atoms with E-state index in [1.807, 2.05) is 35.2 Å². The van der Waals surface area contributed by atoms with Crippen LogP contribution in [-0.2, 0) is 4.79 Å². The molecule has 0 radical (unpaired) electrons. The second kappa shape index (κ2) is 7.25. The molecule has 0 saturated carbocycles. The van der Waals surface area contributed by atoms with E-state index in [-0.39, 0.29) is 11.9 Å². The topological polar surface area (TPSA) is 40.5 Å². The standard InChI is InChI=1S/C17H23NO2/c1-14(19)17(20)18-13-7-3-6-10-16(18)12-11-15-8-4-2-5-9-15/h2,4-5,8-9,11-12,14,16,19H,3,6-7,10,13H2,1H3/b12-11+. The van der Waals surface area contributed by atoms with Crippen molar-refractivity contribution in [3.05, 3.63) is 42.0 Å². The number of likely N-dealkylation sites (tertiary alicyclic amines) is 1. The van der Waals surface area contributed by atoms with Crippen LogP contribution in [0.2, 0.25) is 0 Å². The molecule has 3 heteroatoms. The maximum absolute atomic E-state index is 12.1. The SMILES string of the molecule is CC(O)C(=O)N1CCCCCC1/C=C/c1ccccc1. The zero-order valence-electron chi connectivity index (χ0n) is 12.0. The minimum atomic E-state index is -0.916. The average molecular weight is 273 g/mol. The van der Waals surface area contributed by atoms with Crippen LogP contribution in [0.3, 0.4) is 0 Å². The molecule has 2 unspecified atom stereocenters. The molecule has 1 aromatic rings. The molecule has 108 valence electrons. The average Bonchev–Trinajstić information content (AvgIpc) is 2.70. The molecule has 20 heavy (non-hydrogen) atoms. The normalized spacial score (nSPS) is 21.7. The van der Waals surface area contributed by atoms with Gasteiger partial charge >= 0.3 is 0 Å². The summed E-state index contributed by atoms with van der Waals surface area (Å²) < 4.78 is 0. The van der Waals surface area contributed by atoms with Gasteiger partial charge in [0.05, 0.1) is 6.04 Å². The maximum Gasteiger partial charge on any atom is 0.251 e. The summed E-state index contributed by atoms with van der Waals surface area (Å²) in [6.07, 6.45) is 7.53. The van der Waals surface area contributed by atoms with Crippen molar-refractivity contribution in [1.29, 1.82) is 0 Å². The van der Waals surface area contributed by atoms with Gasteiger partial charge in [0, 0.05) is 6.54 Å². The van der Waals surface area contributed by atoms with E-state index in [1.54, 1.807) is 6.92 Å². The molecule has 1 heterocycles. The van der Waals surface area contributed by atoms with Crippen LogP contribution in [0, 0.1) is 0 Å². The van der Waals surface area contributed by atoms with Crippen molar-refractivity contribution in [2.75, 3.05) is 6.54 Å². The third kappa shape index (κ3) is 3.94. The fourth-order valence-electron chi connectivity index (χ4n) is 2.63. The number of hydrogen-bond donors (Lipinski definition) is 1. The van der Waals surface area contributed by atoms with Crippen LogP contribution in [0.15, 0.2) is 36.4 Å². The summed E-state index contributed by atoms with van der Waals surface area (Å²) in [4.78, 5) is 13.9. The van der Waals surface area contributed by atoms with Crippen molar-refractivity contribution in [3.63, 3.8) is 0 Å². The Kier molecular flexibility index (Phi) is 5.36. The van der Waals surface area contributed by atoms with Crippen molar-refractivity contribution in [2.24, 2.45) is 0 Å². The Morgan fingerprint density at radius 1 is 1.30 bits per heavy atom. The molecular weight excluding hydrogens is 250 g/mol. The smallest absolute Gasteiger partial charge is 0.251 e. The van der Waals surface area contributed by atoms with Crippen LogP contribution in [-0.4, -0.2) is 34.6 Å². The molecular formula is C17H23NO2. The molecule has 1 fully saturated rings. The Morgan fingerprint density at radius 2 is 2.05 bits per heavy atom. The Hall–Kier alpha value is -1.61. The van der Waals surface area contributed by atoms with Gasteiger partial charge in [0.15, 0.2) is 0 Å². The van der Waals surface area contributed by atoms with Crippen LogP contribution in [0.1, 0.15) is 38.2 Å². The minimum Gasteiger partial charge on any atom is -0.384 e. The fourth-order valence-corrected chi connectivity index (χ4v) is 2.63. The fraction of sp³-hybridized carbons (Fsp3) is 0.471. The van der Waals surface area contributed by atoms with Gasteiger partial charge < -0.3 is 10.0 Å². The Labute approximate surface area is 120 Å². The van der Waals surface area contributed by atoms with Gasteiger partial charge in [0.25, 0.3) is 5.91 Å². The summed E-state index contributed by atoms with van der Waals surface area (Å²) in [7, 11) is 0. The van der Waals surface area contributed by atoms with E-state index >= 15 is 0 Å². The van der Waals surface area contributed by atoms with Crippen LogP contribution >= 0.6 is 0 Å². The van der Waals surface area contributed by atoms with Gasteiger partial charge in [-0.05, 0) is 25.3 Å². The lowest BCUT2D eigenvalue weighted by molar-refractivity contribution is -0.140. The lowest BCUT2D eigenvalue weighted by Crippen LogP contribution is -2.43. The number of carbonyl (C=O) groups excluding carboxylic acids is 1. The molecule has 0 bridgehead atoms. The lowest BCUT2D eigenvalue weighted by Gasteiger charge is -2.29. The van der Waals surface area contributed by atoms with Crippen molar-refractivity contribution in [2.45, 2.75) is 44.8 Å². The Balaban J connectivity index is 2.12. The summed E-state index contributed by atoms with van der Waals surface area (Å²) in [6.45, 7) is 2.29. The third-order valence-electron chi connectivity index (χ3n) is 3.75.